The number of rotatable bonds is 5. The first-order valence-corrected chi connectivity index (χ1v) is 10.7. The van der Waals surface area contributed by atoms with E-state index < -0.39 is 11.6 Å². The number of para-hydroxylation sites is 1. The molecule has 31 heavy (non-hydrogen) atoms. The minimum atomic E-state index is -0.668. The maximum atomic E-state index is 13.2. The molecule has 2 fully saturated rings. The van der Waals surface area contributed by atoms with Crippen LogP contribution in [0.25, 0.3) is 0 Å². The minimum Gasteiger partial charge on any atom is -0.396 e. The highest BCUT2D eigenvalue weighted by Gasteiger charge is 2.59. The van der Waals surface area contributed by atoms with E-state index in [4.69, 9.17) is 4.74 Å². The Labute approximate surface area is 182 Å². The van der Waals surface area contributed by atoms with Crippen LogP contribution in [-0.4, -0.2) is 65.3 Å². The Balaban J connectivity index is 1.53. The van der Waals surface area contributed by atoms with E-state index in [1.54, 1.807) is 4.90 Å². The quantitative estimate of drug-likeness (QED) is 0.775. The summed E-state index contributed by atoms with van der Waals surface area (Å²) in [6.07, 6.45) is 0.524. The van der Waals surface area contributed by atoms with Crippen molar-refractivity contribution >= 4 is 17.6 Å². The molecule has 7 nitrogen and oxygen atoms in total. The first kappa shape index (κ1) is 21.3. The van der Waals surface area contributed by atoms with Crippen molar-refractivity contribution in [1.82, 2.24) is 9.80 Å². The number of amides is 3. The number of ether oxygens (including phenoxy) is 1. The van der Waals surface area contributed by atoms with E-state index in [1.165, 1.54) is 7.11 Å². The molecule has 2 aromatic carbocycles. The van der Waals surface area contributed by atoms with Crippen molar-refractivity contribution in [3.8, 4) is 0 Å². The van der Waals surface area contributed by atoms with E-state index >= 15 is 0 Å². The molecule has 3 amide bonds. The van der Waals surface area contributed by atoms with Gasteiger partial charge in [0.15, 0.2) is 0 Å². The van der Waals surface area contributed by atoms with Gasteiger partial charge in [0.1, 0.15) is 6.10 Å². The first-order valence-electron chi connectivity index (χ1n) is 10.7. The molecule has 2 aromatic rings. The fraction of sp³-hybridized carbons (Fsp3) is 0.417. The van der Waals surface area contributed by atoms with Gasteiger partial charge in [0.25, 0.3) is 5.91 Å². The third-order valence-electron chi connectivity index (χ3n) is 6.68. The van der Waals surface area contributed by atoms with E-state index in [-0.39, 0.29) is 24.5 Å². The SMILES string of the molecule is CO[C@H]1C(=O)N(Cc2ccccc2)C2(CCN(C(=O)Nc3ccccc3)CC2)[C@@H]1CO. The molecule has 2 atom stereocenters. The Kier molecular flexibility index (Phi) is 6.25. The predicted molar refractivity (Wildman–Crippen MR) is 117 cm³/mol. The average molecular weight is 424 g/mol. The van der Waals surface area contributed by atoms with Crippen LogP contribution < -0.4 is 5.32 Å². The largest absolute Gasteiger partial charge is 0.396 e. The molecule has 2 aliphatic heterocycles. The van der Waals surface area contributed by atoms with Crippen LogP contribution in [0.1, 0.15) is 18.4 Å². The van der Waals surface area contributed by atoms with Gasteiger partial charge < -0.3 is 25.0 Å². The number of anilines is 1. The van der Waals surface area contributed by atoms with Crippen molar-refractivity contribution in [1.29, 1.82) is 0 Å². The van der Waals surface area contributed by atoms with Gasteiger partial charge in [-0.1, -0.05) is 48.5 Å². The molecule has 2 N–H and O–H groups in total. The minimum absolute atomic E-state index is 0.0902. The van der Waals surface area contributed by atoms with Crippen molar-refractivity contribution in [2.45, 2.75) is 31.0 Å². The van der Waals surface area contributed by atoms with Crippen LogP contribution in [0, 0.1) is 5.92 Å². The highest BCUT2D eigenvalue weighted by Crippen LogP contribution is 2.45. The highest BCUT2D eigenvalue weighted by molar-refractivity contribution is 5.89. The second-order valence-corrected chi connectivity index (χ2v) is 8.24. The number of nitrogens with one attached hydrogen (secondary N) is 1. The Hall–Kier alpha value is -2.90. The van der Waals surface area contributed by atoms with Gasteiger partial charge in [0, 0.05) is 38.3 Å². The van der Waals surface area contributed by atoms with Gasteiger partial charge in [-0.15, -0.1) is 0 Å². The summed E-state index contributed by atoms with van der Waals surface area (Å²) >= 11 is 0. The summed E-state index contributed by atoms with van der Waals surface area (Å²) in [5, 5.41) is 13.1. The number of piperidine rings is 1. The zero-order valence-corrected chi connectivity index (χ0v) is 17.7. The van der Waals surface area contributed by atoms with Crippen LogP contribution in [0.2, 0.25) is 0 Å². The van der Waals surface area contributed by atoms with Gasteiger partial charge in [0.05, 0.1) is 12.1 Å². The molecular weight excluding hydrogens is 394 g/mol. The zero-order chi connectivity index (χ0) is 21.8. The van der Waals surface area contributed by atoms with Crippen LogP contribution >= 0.6 is 0 Å². The zero-order valence-electron chi connectivity index (χ0n) is 17.7. The van der Waals surface area contributed by atoms with Gasteiger partial charge >= 0.3 is 6.03 Å². The Bertz CT molecular complexity index is 898. The fourth-order valence-corrected chi connectivity index (χ4v) is 5.02. The maximum Gasteiger partial charge on any atom is 0.321 e. The van der Waals surface area contributed by atoms with Gasteiger partial charge in [-0.2, -0.15) is 0 Å². The summed E-state index contributed by atoms with van der Waals surface area (Å²) in [5.74, 6) is -0.416. The number of benzene rings is 2. The summed E-state index contributed by atoms with van der Waals surface area (Å²) in [7, 11) is 1.52. The number of likely N-dealkylation sites (tertiary alicyclic amines) is 2. The van der Waals surface area contributed by atoms with Crippen molar-refractivity contribution < 1.29 is 19.4 Å². The standard InChI is InChI=1S/C24H29N3O4/c1-31-21-20(17-28)24(27(22(21)29)16-18-8-4-2-5-9-18)12-14-26(15-13-24)23(30)25-19-10-6-3-7-11-19/h2-11,20-21,28H,12-17H2,1H3,(H,25,30)/t20-,21-/m1/s1. The van der Waals surface area contributed by atoms with Crippen molar-refractivity contribution in [2.75, 3.05) is 32.1 Å². The number of aliphatic hydroxyl groups excluding tert-OH is 1. The average Bonchev–Trinajstić information content (AvgIpc) is 3.02. The summed E-state index contributed by atoms with van der Waals surface area (Å²) < 4.78 is 5.53. The van der Waals surface area contributed by atoms with E-state index in [0.29, 0.717) is 32.5 Å². The number of carbonyl (C=O) groups is 2. The second-order valence-electron chi connectivity index (χ2n) is 8.24. The van der Waals surface area contributed by atoms with Gasteiger partial charge in [-0.25, -0.2) is 4.79 Å². The summed E-state index contributed by atoms with van der Waals surface area (Å²) in [6, 6.07) is 19.1. The molecule has 0 aliphatic carbocycles. The lowest BCUT2D eigenvalue weighted by atomic mass is 9.76. The number of aliphatic hydroxyl groups is 1. The van der Waals surface area contributed by atoms with Gasteiger partial charge in [0.2, 0.25) is 0 Å². The second kappa shape index (κ2) is 9.08. The molecular formula is C24H29N3O4. The molecule has 2 saturated heterocycles. The Morgan fingerprint density at radius 2 is 1.71 bits per heavy atom. The van der Waals surface area contributed by atoms with Crippen molar-refractivity contribution in [3.63, 3.8) is 0 Å². The van der Waals surface area contributed by atoms with Gasteiger partial charge in [-0.3, -0.25) is 4.79 Å². The summed E-state index contributed by atoms with van der Waals surface area (Å²) in [4.78, 5) is 29.6. The topological polar surface area (TPSA) is 82.1 Å². The number of methoxy groups -OCH3 is 1. The lowest BCUT2D eigenvalue weighted by Gasteiger charge is -2.47. The summed E-state index contributed by atoms with van der Waals surface area (Å²) in [5.41, 5.74) is 1.25. The predicted octanol–water partition coefficient (Wildman–Crippen LogP) is 2.72. The maximum absolute atomic E-state index is 13.2. The fourth-order valence-electron chi connectivity index (χ4n) is 5.02. The molecule has 0 radical (unpaired) electrons. The van der Waals surface area contributed by atoms with Crippen LogP contribution in [0.5, 0.6) is 0 Å². The third kappa shape index (κ3) is 4.03. The molecule has 0 bridgehead atoms. The van der Waals surface area contributed by atoms with E-state index in [1.807, 2.05) is 65.6 Å². The first-order chi connectivity index (χ1) is 15.1. The number of carbonyl (C=O) groups excluding carboxylic acids is 2. The third-order valence-corrected chi connectivity index (χ3v) is 6.68. The molecule has 4 rings (SSSR count). The molecule has 0 unspecified atom stereocenters. The van der Waals surface area contributed by atoms with Crippen LogP contribution in [0.3, 0.4) is 0 Å². The van der Waals surface area contributed by atoms with E-state index in [0.717, 1.165) is 11.3 Å². The molecule has 1 spiro atoms. The molecule has 2 heterocycles. The molecule has 7 heteroatoms. The lowest BCUT2D eigenvalue weighted by Crippen LogP contribution is -2.57. The summed E-state index contributed by atoms with van der Waals surface area (Å²) in [6.45, 7) is 1.34. The molecule has 164 valence electrons. The monoisotopic (exact) mass is 423 g/mol. The van der Waals surface area contributed by atoms with E-state index in [2.05, 4.69) is 5.32 Å². The Morgan fingerprint density at radius 1 is 1.10 bits per heavy atom. The number of hydrogen-bond acceptors (Lipinski definition) is 4. The lowest BCUT2D eigenvalue weighted by molar-refractivity contribution is -0.139. The molecule has 2 aliphatic rings. The van der Waals surface area contributed by atoms with Crippen LogP contribution in [-0.2, 0) is 16.1 Å². The smallest absolute Gasteiger partial charge is 0.321 e. The Morgan fingerprint density at radius 3 is 2.29 bits per heavy atom. The normalized spacial score (nSPS) is 22.7. The molecule has 0 saturated carbocycles. The van der Waals surface area contributed by atoms with E-state index in [9.17, 15) is 14.7 Å². The number of urea groups is 1. The van der Waals surface area contributed by atoms with Crippen LogP contribution in [0.4, 0.5) is 10.5 Å². The molecule has 0 aromatic heterocycles. The van der Waals surface area contributed by atoms with Crippen molar-refractivity contribution in [2.24, 2.45) is 5.92 Å². The highest BCUT2D eigenvalue weighted by atomic mass is 16.5. The van der Waals surface area contributed by atoms with Crippen molar-refractivity contribution in [3.05, 3.63) is 66.2 Å². The van der Waals surface area contributed by atoms with Gasteiger partial charge in [-0.05, 0) is 30.5 Å². The van der Waals surface area contributed by atoms with Crippen LogP contribution in [0.15, 0.2) is 60.7 Å². The number of nitrogens with zero attached hydrogens (tertiary/aromatic N) is 2. The number of hydrogen-bond donors (Lipinski definition) is 2.